The van der Waals surface area contributed by atoms with Gasteiger partial charge in [0.2, 0.25) is 17.7 Å². The van der Waals surface area contributed by atoms with Gasteiger partial charge in [0, 0.05) is 132 Å². The number of aromatic nitrogens is 1. The molecule has 0 aliphatic carbocycles. The molecule has 2 atom stereocenters. The van der Waals surface area contributed by atoms with Gasteiger partial charge in [-0.1, -0.05) is 18.6 Å². The summed E-state index contributed by atoms with van der Waals surface area (Å²) in [7, 11) is 1.45. The van der Waals surface area contributed by atoms with Crippen LogP contribution in [-0.2, 0) is 28.8 Å². The summed E-state index contributed by atoms with van der Waals surface area (Å²) in [5.74, 6) is -6.80. The second kappa shape index (κ2) is 36.7. The molecule has 30 heteroatoms. The number of unbranched alkanes of at least 4 members (excludes halogenated alkanes) is 1. The van der Waals surface area contributed by atoms with E-state index in [9.17, 15) is 57.7 Å². The number of pyridine rings is 1. The Morgan fingerprint density at radius 2 is 1.40 bits per heavy atom. The first-order chi connectivity index (χ1) is 42.3. The van der Waals surface area contributed by atoms with Crippen molar-refractivity contribution >= 4 is 99.9 Å². The molecule has 8 N–H and O–H groups in total. The standard InChI is InChI=1S/C58H81F2IN16O11/c1-62-34-46-31-58(59,60)40-77(46)53(80)35-64-57(87)48-12-16-63-50-10-9-47(30-49(48)50)88-29-3-2-4-42-14-19-76(20-15-42)52(79)13-18-65-68-33-45(11-17-66-69-41-70-67-32-43-5-7-44(61)8-6-43)71-51(78)36-72-21-23-73(37-54(81)82)25-27-75(39-56(85)86)28-26-74(24-22-72)38-55(83)84/h5-10,12,16-17,30,32-34,42,45-46,65,69-70H,2-4,11,13-15,18-29,31,35-41H2,1H3,(H,64,87)(H,71,78)(H,81,82)(H,83,84)(H,85,86)/b62-34?,66-17+,67-32+,68-33-/t45-,46+/m0/s1. The number of rotatable bonds is 31. The van der Waals surface area contributed by atoms with Gasteiger partial charge in [0.1, 0.15) is 12.4 Å². The average Bonchev–Trinajstić information content (AvgIpc) is 1.79. The summed E-state index contributed by atoms with van der Waals surface area (Å²) < 4.78 is 35.4. The number of halogens is 3. The van der Waals surface area contributed by atoms with Crippen LogP contribution < -0.4 is 31.6 Å². The fraction of sp³-hybridized carbons (Fsp3) is 0.552. The van der Waals surface area contributed by atoms with E-state index in [0.717, 1.165) is 46.1 Å². The van der Waals surface area contributed by atoms with Crippen LogP contribution in [0.15, 0.2) is 75.0 Å². The molecule has 3 aromatic rings. The van der Waals surface area contributed by atoms with E-state index in [1.165, 1.54) is 31.7 Å². The van der Waals surface area contributed by atoms with Gasteiger partial charge in [0.15, 0.2) is 0 Å². The van der Waals surface area contributed by atoms with Crippen molar-refractivity contribution in [2.75, 3.05) is 132 Å². The highest BCUT2D eigenvalue weighted by Crippen LogP contribution is 2.31. The maximum atomic E-state index is 14.1. The van der Waals surface area contributed by atoms with E-state index in [2.05, 4.69) is 74.8 Å². The molecule has 1 aromatic heterocycles. The van der Waals surface area contributed by atoms with Crippen molar-refractivity contribution in [1.29, 1.82) is 0 Å². The van der Waals surface area contributed by atoms with Crippen LogP contribution >= 0.6 is 22.6 Å². The highest BCUT2D eigenvalue weighted by Gasteiger charge is 2.46. The summed E-state index contributed by atoms with van der Waals surface area (Å²) in [5, 5.41) is 47.6. The van der Waals surface area contributed by atoms with Gasteiger partial charge < -0.3 is 45.9 Å². The molecule has 3 aliphatic rings. The number of hydrogen-bond acceptors (Lipinski definition) is 20. The summed E-state index contributed by atoms with van der Waals surface area (Å²) in [6.45, 7) is 1.93. The zero-order valence-electron chi connectivity index (χ0n) is 49.5. The number of nitrogens with one attached hydrogen (secondary N) is 5. The zero-order valence-corrected chi connectivity index (χ0v) is 51.6. The molecule has 4 amide bonds. The maximum absolute atomic E-state index is 14.1. The van der Waals surface area contributed by atoms with Crippen molar-refractivity contribution in [3.63, 3.8) is 0 Å². The molecule has 0 bridgehead atoms. The number of aliphatic imine (C=N–C) groups is 1. The minimum atomic E-state index is -3.04. The second-order valence-electron chi connectivity index (χ2n) is 21.7. The van der Waals surface area contributed by atoms with E-state index in [1.807, 2.05) is 34.1 Å². The van der Waals surface area contributed by atoms with Crippen molar-refractivity contribution in [3.8, 4) is 5.75 Å². The molecule has 3 fully saturated rings. The maximum Gasteiger partial charge on any atom is 0.317 e. The number of likely N-dealkylation sites (tertiary alicyclic amines) is 2. The molecule has 27 nitrogen and oxygen atoms in total. The number of alkyl halides is 2. The van der Waals surface area contributed by atoms with Crippen LogP contribution in [0, 0.1) is 9.49 Å². The van der Waals surface area contributed by atoms with Gasteiger partial charge >= 0.3 is 17.9 Å². The van der Waals surface area contributed by atoms with Gasteiger partial charge in [-0.15, -0.1) is 0 Å². The fourth-order valence-electron chi connectivity index (χ4n) is 10.3. The lowest BCUT2D eigenvalue weighted by molar-refractivity contribution is -0.140. The lowest BCUT2D eigenvalue weighted by Gasteiger charge is -2.33. The molecule has 2 aromatic carbocycles. The number of ether oxygens (including phenoxy) is 1. The number of carbonyl (C=O) groups excluding carboxylic acids is 4. The summed E-state index contributed by atoms with van der Waals surface area (Å²) >= 11 is 2.23. The molecule has 88 heavy (non-hydrogen) atoms. The minimum Gasteiger partial charge on any atom is -0.494 e. The lowest BCUT2D eigenvalue weighted by Crippen LogP contribution is -2.50. The Bertz CT molecular complexity index is 2870. The Hall–Kier alpha value is -7.55. The molecule has 3 aliphatic heterocycles. The largest absolute Gasteiger partial charge is 0.494 e. The van der Waals surface area contributed by atoms with Crippen LogP contribution in [0.5, 0.6) is 5.75 Å². The Labute approximate surface area is 523 Å². The van der Waals surface area contributed by atoms with Gasteiger partial charge in [-0.25, -0.2) is 8.78 Å². The van der Waals surface area contributed by atoms with E-state index < -0.39 is 67.2 Å². The summed E-state index contributed by atoms with van der Waals surface area (Å²) in [6.07, 6.45) is 11.8. The number of carboxylic acid groups (broad SMARTS) is 3. The number of hydrogen-bond donors (Lipinski definition) is 8. The van der Waals surface area contributed by atoms with Crippen LogP contribution in [0.1, 0.15) is 67.3 Å². The molecule has 480 valence electrons. The van der Waals surface area contributed by atoms with Crippen LogP contribution in [0.25, 0.3) is 10.9 Å². The van der Waals surface area contributed by atoms with Gasteiger partial charge in [0.25, 0.3) is 11.8 Å². The third kappa shape index (κ3) is 25.3. The third-order valence-electron chi connectivity index (χ3n) is 14.9. The van der Waals surface area contributed by atoms with E-state index in [1.54, 1.807) is 45.3 Å². The average molecular weight is 1340 g/mol. The number of benzene rings is 2. The highest BCUT2D eigenvalue weighted by atomic mass is 127. The van der Waals surface area contributed by atoms with Gasteiger partial charge in [-0.2, -0.15) is 15.3 Å². The van der Waals surface area contributed by atoms with Crippen molar-refractivity contribution < 1.29 is 62.4 Å². The van der Waals surface area contributed by atoms with Gasteiger partial charge in [0.05, 0.1) is 75.3 Å². The monoisotopic (exact) mass is 1340 g/mol. The van der Waals surface area contributed by atoms with Gasteiger partial charge in [-0.05, 0) is 96.2 Å². The lowest BCUT2D eigenvalue weighted by atomic mass is 9.91. The summed E-state index contributed by atoms with van der Waals surface area (Å²) in [4.78, 5) is 106. The first-order valence-electron chi connectivity index (χ1n) is 29.4. The summed E-state index contributed by atoms with van der Waals surface area (Å²) in [5.41, 5.74) is 10.4. The Kier molecular flexibility index (Phi) is 29.0. The first-order valence-corrected chi connectivity index (χ1v) is 30.4. The molecule has 4 heterocycles. The molecule has 0 saturated carbocycles. The summed E-state index contributed by atoms with van der Waals surface area (Å²) in [6, 6.07) is 13.1. The Morgan fingerprint density at radius 1 is 0.773 bits per heavy atom. The van der Waals surface area contributed by atoms with Crippen molar-refractivity contribution in [2.45, 2.75) is 69.4 Å². The Balaban J connectivity index is 0.940. The molecule has 3 saturated heterocycles. The van der Waals surface area contributed by atoms with Gasteiger partial charge in [-0.3, -0.25) is 74.0 Å². The van der Waals surface area contributed by atoms with Crippen molar-refractivity contribution in [1.82, 2.24) is 61.3 Å². The van der Waals surface area contributed by atoms with Crippen LogP contribution in [0.4, 0.5) is 8.78 Å². The molecule has 0 radical (unpaired) electrons. The first kappa shape index (κ1) is 69.5. The Morgan fingerprint density at radius 3 is 2.02 bits per heavy atom. The third-order valence-corrected chi connectivity index (χ3v) is 15.7. The number of nitrogens with zero attached hydrogens (tertiary/aromatic N) is 11. The van der Waals surface area contributed by atoms with E-state index in [0.29, 0.717) is 42.3 Å². The zero-order chi connectivity index (χ0) is 63.3. The smallest absolute Gasteiger partial charge is 0.317 e. The number of carbonyl (C=O) groups is 7. The second-order valence-corrected chi connectivity index (χ2v) is 22.9. The fourth-order valence-corrected chi connectivity index (χ4v) is 10.7. The topological polar surface area (TPSA) is 331 Å². The van der Waals surface area contributed by atoms with Crippen LogP contribution in [0.3, 0.4) is 0 Å². The number of piperidine rings is 1. The number of hydrazone groups is 3. The van der Waals surface area contributed by atoms with Crippen molar-refractivity contribution in [3.05, 3.63) is 69.4 Å². The number of amides is 4. The quantitative estimate of drug-likeness (QED) is 0.0150. The van der Waals surface area contributed by atoms with E-state index >= 15 is 0 Å². The van der Waals surface area contributed by atoms with Crippen molar-refractivity contribution in [2.24, 2.45) is 26.2 Å². The van der Waals surface area contributed by atoms with E-state index in [4.69, 9.17) is 4.74 Å². The normalized spacial score (nSPS) is 18.3. The van der Waals surface area contributed by atoms with E-state index in [-0.39, 0.29) is 122 Å². The number of aliphatic carboxylic acids is 3. The molecular formula is C58H81F2IN16O11. The molecule has 6 rings (SSSR count). The molecular weight excluding hydrogens is 1260 g/mol. The number of fused-ring (bicyclic) bond motifs is 1. The molecule has 0 unspecified atom stereocenters. The van der Waals surface area contributed by atoms with Crippen LogP contribution in [0.2, 0.25) is 0 Å². The predicted octanol–water partition coefficient (Wildman–Crippen LogP) is 1.77. The molecule has 0 spiro atoms. The minimum absolute atomic E-state index is 0.00767. The number of carboxylic acids is 3. The SMILES string of the molecule is CN=C[C@H]1CC(F)(F)CN1C(=O)CNC(=O)c1ccnc2ccc(OCCCCC3CCN(C(=O)CCN/N=C\[C@H](C/C=N/NCN/N=C/c4ccc(I)cc4)NC(=O)CN4CCN(CC(=O)O)CCN(CC(=O)O)CCN(CC(=O)O)CC4)CC3)cc12. The predicted molar refractivity (Wildman–Crippen MR) is 335 cm³/mol. The van der Waals surface area contributed by atoms with Crippen LogP contribution in [-0.4, -0.2) is 266 Å². The highest BCUT2D eigenvalue weighted by molar-refractivity contribution is 14.1.